The number of nitrogens with zero attached hydrogens (tertiary/aromatic N) is 5. The average Bonchev–Trinajstić information content (AvgIpc) is 3.88. The molecular formula is C46H52F4N6O2. The number of carbonyl (C=O) groups is 2. The van der Waals surface area contributed by atoms with Crippen LogP contribution in [-0.4, -0.2) is 101 Å². The van der Waals surface area contributed by atoms with Crippen LogP contribution in [-0.2, 0) is 19.5 Å². The fourth-order valence-corrected chi connectivity index (χ4v) is 10.5. The van der Waals surface area contributed by atoms with Crippen molar-refractivity contribution >= 4 is 28.4 Å². The highest BCUT2D eigenvalue weighted by Crippen LogP contribution is 2.42. The van der Waals surface area contributed by atoms with Gasteiger partial charge in [0.1, 0.15) is 11.6 Å². The van der Waals surface area contributed by atoms with Crippen molar-refractivity contribution in [3.63, 3.8) is 0 Å². The SMILES string of the molecule is C=CCCC(C)N1C(=O)c2cc3c(cc2C1=O)CN(C1CCN(CC2CCN(c4cc(F)c(C5c6[nH]c7ccccc7c6CCN5CC(F)F)c(F)c4)CC2)CC1)C3. The molecule has 2 atom stereocenters. The minimum absolute atomic E-state index is 0.166. The zero-order valence-electron chi connectivity index (χ0n) is 33.2. The van der Waals surface area contributed by atoms with Crippen LogP contribution >= 0.6 is 0 Å². The fraction of sp³-hybridized carbons (Fsp3) is 0.478. The maximum Gasteiger partial charge on any atom is 0.261 e. The van der Waals surface area contributed by atoms with Crippen LogP contribution in [0, 0.1) is 17.6 Å². The van der Waals surface area contributed by atoms with Crippen LogP contribution in [0.25, 0.3) is 10.9 Å². The Bertz CT molecular complexity index is 2160. The van der Waals surface area contributed by atoms with E-state index in [9.17, 15) is 18.4 Å². The van der Waals surface area contributed by atoms with Gasteiger partial charge in [0.05, 0.1) is 23.7 Å². The Morgan fingerprint density at radius 1 is 0.879 bits per heavy atom. The van der Waals surface area contributed by atoms with E-state index in [4.69, 9.17) is 0 Å². The molecule has 9 rings (SSSR count). The van der Waals surface area contributed by atoms with Crippen molar-refractivity contribution in [3.8, 4) is 0 Å². The van der Waals surface area contributed by atoms with Crippen molar-refractivity contribution in [2.45, 2.75) is 89.5 Å². The van der Waals surface area contributed by atoms with E-state index in [2.05, 4.69) is 21.4 Å². The monoisotopic (exact) mass is 796 g/mol. The van der Waals surface area contributed by atoms with Crippen LogP contribution in [0.15, 0.2) is 61.2 Å². The first-order valence-corrected chi connectivity index (χ1v) is 21.0. The number of benzene rings is 3. The Balaban J connectivity index is 0.790. The number of imide groups is 1. The van der Waals surface area contributed by atoms with E-state index in [0.717, 1.165) is 92.4 Å². The number of H-pyrrole nitrogens is 1. The lowest BCUT2D eigenvalue weighted by molar-refractivity contribution is 0.0590. The van der Waals surface area contributed by atoms with Crippen molar-refractivity contribution in [2.75, 3.05) is 50.7 Å². The van der Waals surface area contributed by atoms with E-state index in [0.29, 0.717) is 60.4 Å². The Morgan fingerprint density at radius 3 is 2.17 bits per heavy atom. The number of piperidine rings is 2. The molecule has 58 heavy (non-hydrogen) atoms. The first kappa shape index (κ1) is 39.0. The number of alkyl halides is 2. The summed E-state index contributed by atoms with van der Waals surface area (Å²) in [7, 11) is 0. The zero-order chi connectivity index (χ0) is 40.2. The third-order valence-corrected chi connectivity index (χ3v) is 13.6. The first-order chi connectivity index (χ1) is 28.1. The molecule has 5 aliphatic heterocycles. The van der Waals surface area contributed by atoms with Gasteiger partial charge in [-0.05, 0) is 118 Å². The number of likely N-dealkylation sites (tertiary alicyclic amines) is 1. The normalized spacial score (nSPS) is 21.7. The fourth-order valence-electron chi connectivity index (χ4n) is 10.5. The minimum atomic E-state index is -2.63. The molecule has 3 aromatic carbocycles. The second-order valence-corrected chi connectivity index (χ2v) is 17.2. The van der Waals surface area contributed by atoms with Crippen LogP contribution in [0.4, 0.5) is 23.2 Å². The van der Waals surface area contributed by atoms with Gasteiger partial charge in [0, 0.05) is 79.2 Å². The van der Waals surface area contributed by atoms with Crippen LogP contribution in [0.2, 0.25) is 0 Å². The van der Waals surface area contributed by atoms with Crippen LogP contribution in [0.3, 0.4) is 0 Å². The molecule has 2 fully saturated rings. The number of aromatic nitrogens is 1. The van der Waals surface area contributed by atoms with E-state index in [1.165, 1.54) is 21.9 Å². The largest absolute Gasteiger partial charge is 0.371 e. The molecule has 1 aromatic heterocycles. The summed E-state index contributed by atoms with van der Waals surface area (Å²) in [5, 5.41) is 0.959. The Labute approximate surface area is 337 Å². The molecule has 4 aromatic rings. The van der Waals surface area contributed by atoms with Crippen molar-refractivity contribution in [1.82, 2.24) is 24.6 Å². The molecule has 2 saturated heterocycles. The number of carbonyl (C=O) groups excluding carboxylic acids is 2. The third-order valence-electron chi connectivity index (χ3n) is 13.6. The summed E-state index contributed by atoms with van der Waals surface area (Å²) in [6, 6.07) is 13.7. The topological polar surface area (TPSA) is 66.1 Å². The third kappa shape index (κ3) is 7.15. The predicted octanol–water partition coefficient (Wildman–Crippen LogP) is 8.31. The standard InChI is InChI=1S/C46H52F4N6O2/c1-3-4-7-28(2)56-45(57)36-20-30-25-55(26-31(30)21-37(36)46(56)58)32-12-15-52(16-13-32)24-29-10-17-53(18-11-29)33-22-38(47)42(39(48)23-33)44-43-35(14-19-54(44)27-41(49)50)34-8-5-6-9-40(34)51-43/h3,5-6,8-9,20-23,28-29,32,41,44,51H,1,4,7,10-19,24-27H2,2H3. The maximum atomic E-state index is 16.1. The molecule has 5 aliphatic rings. The van der Waals surface area contributed by atoms with E-state index < -0.39 is 30.6 Å². The number of fused-ring (bicyclic) bond motifs is 5. The molecular weight excluding hydrogens is 745 g/mol. The van der Waals surface area contributed by atoms with E-state index in [1.54, 1.807) is 0 Å². The summed E-state index contributed by atoms with van der Waals surface area (Å²) in [6.07, 6.45) is 5.12. The van der Waals surface area contributed by atoms with E-state index >= 15 is 8.78 Å². The van der Waals surface area contributed by atoms with Gasteiger partial charge in [-0.25, -0.2) is 17.6 Å². The minimum Gasteiger partial charge on any atom is -0.371 e. The molecule has 6 heterocycles. The number of halogens is 4. The number of amides is 2. The average molecular weight is 797 g/mol. The molecule has 306 valence electrons. The van der Waals surface area contributed by atoms with Crippen molar-refractivity contribution in [2.24, 2.45) is 5.92 Å². The molecule has 2 unspecified atom stereocenters. The van der Waals surface area contributed by atoms with Crippen molar-refractivity contribution in [3.05, 3.63) is 112 Å². The van der Waals surface area contributed by atoms with Crippen molar-refractivity contribution < 1.29 is 27.2 Å². The lowest BCUT2D eigenvalue weighted by atomic mass is 9.91. The number of hydrogen-bond donors (Lipinski definition) is 1. The van der Waals surface area contributed by atoms with Gasteiger partial charge in [-0.15, -0.1) is 6.58 Å². The van der Waals surface area contributed by atoms with Gasteiger partial charge in [-0.2, -0.15) is 0 Å². The lowest BCUT2D eigenvalue weighted by Gasteiger charge is -2.40. The second-order valence-electron chi connectivity index (χ2n) is 17.2. The first-order valence-electron chi connectivity index (χ1n) is 21.0. The molecule has 0 spiro atoms. The summed E-state index contributed by atoms with van der Waals surface area (Å²) in [6.45, 7) is 11.4. The Morgan fingerprint density at radius 2 is 1.53 bits per heavy atom. The number of para-hydroxylation sites is 1. The lowest BCUT2D eigenvalue weighted by Crippen LogP contribution is -2.45. The Hall–Kier alpha value is -4.52. The number of rotatable bonds is 11. The van der Waals surface area contributed by atoms with Gasteiger partial charge in [-0.3, -0.25) is 24.3 Å². The van der Waals surface area contributed by atoms with Gasteiger partial charge in [0.2, 0.25) is 0 Å². The maximum absolute atomic E-state index is 16.1. The van der Waals surface area contributed by atoms with Crippen LogP contribution in [0.5, 0.6) is 0 Å². The van der Waals surface area contributed by atoms with E-state index in [-0.39, 0.29) is 30.0 Å². The molecule has 2 amide bonds. The highest BCUT2D eigenvalue weighted by molar-refractivity contribution is 6.21. The Kier molecular flexibility index (Phi) is 10.7. The molecule has 1 N–H and O–H groups in total. The number of anilines is 1. The molecule has 8 nitrogen and oxygen atoms in total. The number of aromatic amines is 1. The molecule has 0 radical (unpaired) electrons. The highest BCUT2D eigenvalue weighted by Gasteiger charge is 2.41. The van der Waals surface area contributed by atoms with Gasteiger partial charge in [0.25, 0.3) is 18.2 Å². The zero-order valence-corrected chi connectivity index (χ0v) is 33.2. The number of allylic oxidation sites excluding steroid dienone is 1. The summed E-state index contributed by atoms with van der Waals surface area (Å²) >= 11 is 0. The quantitative estimate of drug-likeness (QED) is 0.0937. The van der Waals surface area contributed by atoms with Gasteiger partial charge >= 0.3 is 0 Å². The molecule has 0 saturated carbocycles. The second kappa shape index (κ2) is 15.9. The summed E-state index contributed by atoms with van der Waals surface area (Å²) < 4.78 is 59.8. The number of nitrogens with one attached hydrogen (secondary N) is 1. The number of hydrogen-bond acceptors (Lipinski definition) is 6. The van der Waals surface area contributed by atoms with Gasteiger partial charge in [-0.1, -0.05) is 24.3 Å². The van der Waals surface area contributed by atoms with Crippen LogP contribution < -0.4 is 4.90 Å². The summed E-state index contributed by atoms with van der Waals surface area (Å²) in [5.41, 5.74) is 6.02. The smallest absolute Gasteiger partial charge is 0.261 e. The molecule has 12 heteroatoms. The predicted molar refractivity (Wildman–Crippen MR) is 217 cm³/mol. The van der Waals surface area contributed by atoms with Crippen LogP contribution in [0.1, 0.15) is 100 Å². The summed E-state index contributed by atoms with van der Waals surface area (Å²) in [5.74, 6) is -1.30. The van der Waals surface area contributed by atoms with Gasteiger partial charge in [0.15, 0.2) is 0 Å². The van der Waals surface area contributed by atoms with E-state index in [1.807, 2.05) is 54.3 Å². The summed E-state index contributed by atoms with van der Waals surface area (Å²) in [4.78, 5) is 39.9. The van der Waals surface area contributed by atoms with Gasteiger partial charge < -0.3 is 14.8 Å². The highest BCUT2D eigenvalue weighted by atomic mass is 19.3. The molecule has 0 aliphatic carbocycles. The van der Waals surface area contributed by atoms with Crippen molar-refractivity contribution in [1.29, 1.82) is 0 Å². The molecule has 0 bridgehead atoms.